The summed E-state index contributed by atoms with van der Waals surface area (Å²) in [6.07, 6.45) is -3.00. The van der Waals surface area contributed by atoms with Gasteiger partial charge in [0.1, 0.15) is 5.60 Å². The zero-order chi connectivity index (χ0) is 24.8. The topological polar surface area (TPSA) is 67.1 Å². The van der Waals surface area contributed by atoms with Crippen molar-refractivity contribution in [2.24, 2.45) is 16.8 Å². The quantitative estimate of drug-likeness (QED) is 0.576. The molecule has 184 valence electrons. The fourth-order valence-corrected chi connectivity index (χ4v) is 5.13. The summed E-state index contributed by atoms with van der Waals surface area (Å²) in [7, 11) is 0. The molecule has 2 atom stereocenters. The molecule has 1 aromatic carbocycles. The first-order valence-corrected chi connectivity index (χ1v) is 11.8. The number of halogens is 3. The minimum absolute atomic E-state index is 0.166. The normalized spacial score (nSPS) is 21.2. The second kappa shape index (κ2) is 8.75. The Balaban J connectivity index is 1.46. The van der Waals surface area contributed by atoms with Crippen molar-refractivity contribution < 1.29 is 27.5 Å². The van der Waals surface area contributed by atoms with E-state index in [0.717, 1.165) is 17.0 Å². The van der Waals surface area contributed by atoms with Gasteiger partial charge < -0.3 is 14.5 Å². The zero-order valence-corrected chi connectivity index (χ0v) is 20.2. The number of carbonyl (C=O) groups excluding carboxylic acids is 2. The van der Waals surface area contributed by atoms with Gasteiger partial charge in [0.2, 0.25) is 0 Å². The number of rotatable bonds is 1. The van der Waals surface area contributed by atoms with E-state index in [0.29, 0.717) is 36.7 Å². The molecule has 0 bridgehead atoms. The number of urea groups is 1. The maximum Gasteiger partial charge on any atom is 0.416 e. The van der Waals surface area contributed by atoms with Gasteiger partial charge in [-0.25, -0.2) is 9.59 Å². The van der Waals surface area contributed by atoms with E-state index in [-0.39, 0.29) is 24.0 Å². The molecule has 0 radical (unpaired) electrons. The van der Waals surface area contributed by atoms with Crippen LogP contribution in [0.25, 0.3) is 5.69 Å². The molecule has 4 rings (SSSR count). The Kier molecular flexibility index (Phi) is 6.26. The Morgan fingerprint density at radius 2 is 1.56 bits per heavy atom. The molecule has 3 heterocycles. The van der Waals surface area contributed by atoms with Gasteiger partial charge in [-0.2, -0.15) is 18.2 Å². The first-order chi connectivity index (χ1) is 15.8. The fraction of sp³-hybridized carbons (Fsp3) is 0.522. The van der Waals surface area contributed by atoms with Crippen LogP contribution in [0, 0.1) is 18.8 Å². The van der Waals surface area contributed by atoms with E-state index >= 15 is 0 Å². The van der Waals surface area contributed by atoms with Gasteiger partial charge in [-0.15, -0.1) is 11.3 Å². The smallest absolute Gasteiger partial charge is 0.416 e. The van der Waals surface area contributed by atoms with Crippen LogP contribution in [-0.2, 0) is 10.9 Å². The van der Waals surface area contributed by atoms with Crippen LogP contribution < -0.4 is 4.80 Å². The lowest BCUT2D eigenvalue weighted by molar-refractivity contribution is -0.137. The fourth-order valence-electron chi connectivity index (χ4n) is 4.31. The van der Waals surface area contributed by atoms with Gasteiger partial charge >= 0.3 is 18.3 Å². The Bertz CT molecular complexity index is 1130. The number of likely N-dealkylation sites (tertiary alicyclic amines) is 2. The maximum atomic E-state index is 12.9. The molecule has 2 saturated heterocycles. The standard InChI is InChI=1S/C23H27F3N4O3S/c1-14-9-30(18-7-5-17(6-8-18)23(24,25)26)20(34-14)27-19(31)28-10-15-12-29(13-16(15)11-28)21(32)33-22(2,3)4/h5-9,15-16H,10-13H2,1-4H3. The zero-order valence-electron chi connectivity index (χ0n) is 19.4. The highest BCUT2D eigenvalue weighted by molar-refractivity contribution is 7.09. The second-order valence-corrected chi connectivity index (χ2v) is 11.0. The molecule has 0 spiro atoms. The highest BCUT2D eigenvalue weighted by atomic mass is 32.1. The summed E-state index contributed by atoms with van der Waals surface area (Å²) >= 11 is 1.29. The molecule has 0 N–H and O–H groups in total. The number of ether oxygens (including phenoxy) is 1. The molecule has 2 fully saturated rings. The highest BCUT2D eigenvalue weighted by Gasteiger charge is 2.44. The van der Waals surface area contributed by atoms with Crippen molar-refractivity contribution in [1.29, 1.82) is 0 Å². The molecule has 2 aliphatic heterocycles. The number of nitrogens with zero attached hydrogens (tertiary/aromatic N) is 4. The summed E-state index contributed by atoms with van der Waals surface area (Å²) in [5.41, 5.74) is -0.797. The number of hydrogen-bond donors (Lipinski definition) is 0. The van der Waals surface area contributed by atoms with Gasteiger partial charge in [-0.1, -0.05) is 0 Å². The predicted octanol–water partition coefficient (Wildman–Crippen LogP) is 4.69. The molecule has 34 heavy (non-hydrogen) atoms. The van der Waals surface area contributed by atoms with Crippen molar-refractivity contribution in [3.05, 3.63) is 45.7 Å². The van der Waals surface area contributed by atoms with Crippen LogP contribution in [0.3, 0.4) is 0 Å². The molecular weight excluding hydrogens is 469 g/mol. The average molecular weight is 497 g/mol. The van der Waals surface area contributed by atoms with E-state index < -0.39 is 17.3 Å². The van der Waals surface area contributed by atoms with E-state index in [1.165, 1.54) is 23.5 Å². The Morgan fingerprint density at radius 1 is 1.00 bits per heavy atom. The van der Waals surface area contributed by atoms with Gasteiger partial charge in [0, 0.05) is 54.8 Å². The maximum absolute atomic E-state index is 12.9. The molecule has 11 heteroatoms. The molecule has 2 unspecified atom stereocenters. The third-order valence-electron chi connectivity index (χ3n) is 5.84. The van der Waals surface area contributed by atoms with Crippen molar-refractivity contribution in [3.8, 4) is 5.69 Å². The third kappa shape index (κ3) is 5.29. The Labute approximate surface area is 199 Å². The van der Waals surface area contributed by atoms with E-state index in [1.807, 2.05) is 27.7 Å². The lowest BCUT2D eigenvalue weighted by atomic mass is 10.0. The SMILES string of the molecule is Cc1cn(-c2ccc(C(F)(F)F)cc2)c(=NC(=O)N2CC3CN(C(=O)OC(C)(C)C)CC3C2)s1. The summed E-state index contributed by atoms with van der Waals surface area (Å²) in [5, 5.41) is 0. The lowest BCUT2D eigenvalue weighted by Gasteiger charge is -2.25. The second-order valence-electron chi connectivity index (χ2n) is 9.74. The summed E-state index contributed by atoms with van der Waals surface area (Å²) in [4.78, 5) is 34.2. The summed E-state index contributed by atoms with van der Waals surface area (Å²) in [6.45, 7) is 9.39. The number of carbonyl (C=O) groups is 2. The first-order valence-electron chi connectivity index (χ1n) is 11.0. The van der Waals surface area contributed by atoms with Crippen molar-refractivity contribution in [3.63, 3.8) is 0 Å². The van der Waals surface area contributed by atoms with Gasteiger partial charge in [0.25, 0.3) is 0 Å². The number of fused-ring (bicyclic) bond motifs is 1. The molecule has 7 nitrogen and oxygen atoms in total. The number of amides is 3. The van der Waals surface area contributed by atoms with E-state index in [4.69, 9.17) is 4.74 Å². The van der Waals surface area contributed by atoms with Crippen LogP contribution in [0.1, 0.15) is 31.2 Å². The highest BCUT2D eigenvalue weighted by Crippen LogP contribution is 2.32. The van der Waals surface area contributed by atoms with Crippen molar-refractivity contribution in [2.75, 3.05) is 26.2 Å². The number of alkyl halides is 3. The number of aryl methyl sites for hydroxylation is 1. The molecule has 3 amide bonds. The van der Waals surface area contributed by atoms with Crippen molar-refractivity contribution in [2.45, 2.75) is 39.5 Å². The molecule has 2 aliphatic rings. The van der Waals surface area contributed by atoms with Crippen molar-refractivity contribution in [1.82, 2.24) is 14.4 Å². The summed E-state index contributed by atoms with van der Waals surface area (Å²) < 4.78 is 45.7. The number of hydrogen-bond acceptors (Lipinski definition) is 4. The lowest BCUT2D eigenvalue weighted by Crippen LogP contribution is -2.38. The Hall–Kier alpha value is -2.82. The first kappa shape index (κ1) is 24.3. The Morgan fingerprint density at radius 3 is 2.09 bits per heavy atom. The monoisotopic (exact) mass is 496 g/mol. The number of benzene rings is 1. The van der Waals surface area contributed by atoms with Gasteiger partial charge in [-0.05, 0) is 52.0 Å². The molecule has 0 aliphatic carbocycles. The van der Waals surface area contributed by atoms with Crippen LogP contribution in [0.5, 0.6) is 0 Å². The summed E-state index contributed by atoms with van der Waals surface area (Å²) in [6, 6.07) is 4.37. The van der Waals surface area contributed by atoms with E-state index in [2.05, 4.69) is 4.99 Å². The van der Waals surface area contributed by atoms with Gasteiger partial charge in [0.15, 0.2) is 4.80 Å². The molecule has 2 aromatic rings. The van der Waals surface area contributed by atoms with E-state index in [1.54, 1.807) is 20.6 Å². The van der Waals surface area contributed by atoms with Crippen molar-refractivity contribution >= 4 is 23.5 Å². The van der Waals surface area contributed by atoms with Gasteiger partial charge in [0.05, 0.1) is 5.56 Å². The molecule has 1 aromatic heterocycles. The van der Waals surface area contributed by atoms with Crippen LogP contribution >= 0.6 is 11.3 Å². The third-order valence-corrected chi connectivity index (χ3v) is 6.74. The number of aromatic nitrogens is 1. The van der Waals surface area contributed by atoms with E-state index in [9.17, 15) is 22.8 Å². The number of thiazole rings is 1. The molecule has 0 saturated carbocycles. The van der Waals surface area contributed by atoms with Crippen LogP contribution in [0.2, 0.25) is 0 Å². The van der Waals surface area contributed by atoms with Crippen LogP contribution in [0.4, 0.5) is 22.8 Å². The minimum Gasteiger partial charge on any atom is -0.444 e. The average Bonchev–Trinajstić information content (AvgIpc) is 3.39. The van der Waals surface area contributed by atoms with Crippen LogP contribution in [0.15, 0.2) is 35.5 Å². The van der Waals surface area contributed by atoms with Gasteiger partial charge in [-0.3, -0.25) is 4.57 Å². The molecular formula is C23H27F3N4O3S. The largest absolute Gasteiger partial charge is 0.444 e. The summed E-state index contributed by atoms with van der Waals surface area (Å²) in [5.74, 6) is 0.331. The van der Waals surface area contributed by atoms with Crippen LogP contribution in [-0.4, -0.2) is 58.3 Å². The minimum atomic E-state index is -4.41. The predicted molar refractivity (Wildman–Crippen MR) is 121 cm³/mol.